The number of anilines is 1. The van der Waals surface area contributed by atoms with Crippen molar-refractivity contribution >= 4 is 44.2 Å². The van der Waals surface area contributed by atoms with Crippen molar-refractivity contribution < 1.29 is 9.53 Å². The number of carbonyl (C=O) groups is 1. The second-order valence-electron chi connectivity index (χ2n) is 6.98. The van der Waals surface area contributed by atoms with Gasteiger partial charge in [-0.15, -0.1) is 0 Å². The summed E-state index contributed by atoms with van der Waals surface area (Å²) in [5, 5.41) is 8.96. The molecule has 3 aromatic rings. The van der Waals surface area contributed by atoms with Crippen LogP contribution >= 0.6 is 22.9 Å². The predicted molar refractivity (Wildman–Crippen MR) is 112 cm³/mol. The molecule has 1 fully saturated rings. The molecule has 1 atom stereocenters. The second kappa shape index (κ2) is 7.60. The van der Waals surface area contributed by atoms with Crippen molar-refractivity contribution in [3.05, 3.63) is 34.6 Å². The number of piperidine rings is 1. The summed E-state index contributed by atoms with van der Waals surface area (Å²) in [6.45, 7) is 3.49. The van der Waals surface area contributed by atoms with Crippen molar-refractivity contribution in [1.82, 2.24) is 20.1 Å². The number of methoxy groups -OCH3 is 1. The van der Waals surface area contributed by atoms with Crippen molar-refractivity contribution in [3.8, 4) is 5.75 Å². The Hall–Kier alpha value is -2.32. The number of hydrogen-bond acceptors (Lipinski definition) is 6. The summed E-state index contributed by atoms with van der Waals surface area (Å²) in [5.74, 6) is 0.624. The Morgan fingerprint density at radius 2 is 2.25 bits per heavy atom. The topological polar surface area (TPSA) is 72.3 Å². The van der Waals surface area contributed by atoms with Crippen molar-refractivity contribution in [2.24, 2.45) is 7.05 Å². The number of nitrogens with zero attached hydrogens (tertiary/aromatic N) is 4. The minimum absolute atomic E-state index is 0.0563. The Balaban J connectivity index is 1.52. The predicted octanol–water partition coefficient (Wildman–Crippen LogP) is 3.40. The number of halogens is 1. The first-order valence-electron chi connectivity index (χ1n) is 9.15. The molecular formula is C19H22ClN5O2S. The van der Waals surface area contributed by atoms with Crippen molar-refractivity contribution in [3.63, 3.8) is 0 Å². The lowest BCUT2D eigenvalue weighted by Gasteiger charge is -2.32. The van der Waals surface area contributed by atoms with E-state index in [0.29, 0.717) is 17.3 Å². The molecule has 1 amide bonds. The fourth-order valence-electron chi connectivity index (χ4n) is 3.59. The average molecular weight is 420 g/mol. The van der Waals surface area contributed by atoms with Gasteiger partial charge in [0.1, 0.15) is 17.0 Å². The Morgan fingerprint density at radius 3 is 2.96 bits per heavy atom. The summed E-state index contributed by atoms with van der Waals surface area (Å²) in [6, 6.07) is 5.53. The summed E-state index contributed by atoms with van der Waals surface area (Å²) in [6.07, 6.45) is 1.92. The van der Waals surface area contributed by atoms with E-state index in [1.165, 1.54) is 0 Å². The van der Waals surface area contributed by atoms with Gasteiger partial charge in [0.15, 0.2) is 5.13 Å². The van der Waals surface area contributed by atoms with Crippen LogP contribution < -0.4 is 15.0 Å². The molecule has 3 heterocycles. The summed E-state index contributed by atoms with van der Waals surface area (Å²) in [5.41, 5.74) is 2.19. The molecule has 1 unspecified atom stereocenters. The van der Waals surface area contributed by atoms with Crippen LogP contribution in [0.4, 0.5) is 5.13 Å². The van der Waals surface area contributed by atoms with Crippen molar-refractivity contribution in [2.75, 3.05) is 25.1 Å². The lowest BCUT2D eigenvalue weighted by Crippen LogP contribution is -2.48. The minimum atomic E-state index is -0.0936. The fourth-order valence-corrected chi connectivity index (χ4v) is 4.88. The molecule has 148 valence electrons. The highest BCUT2D eigenvalue weighted by atomic mass is 35.5. The Labute approximate surface area is 172 Å². The zero-order valence-electron chi connectivity index (χ0n) is 16.0. The third kappa shape index (κ3) is 3.54. The van der Waals surface area contributed by atoms with Crippen LogP contribution in [0, 0.1) is 6.92 Å². The van der Waals surface area contributed by atoms with Crippen LogP contribution in [0.3, 0.4) is 0 Å². The van der Waals surface area contributed by atoms with Gasteiger partial charge in [-0.25, -0.2) is 4.98 Å². The molecular weight excluding hydrogens is 398 g/mol. The molecule has 0 aliphatic carbocycles. The van der Waals surface area contributed by atoms with Crippen LogP contribution in [0.2, 0.25) is 5.02 Å². The van der Waals surface area contributed by atoms with Crippen LogP contribution in [-0.4, -0.2) is 46.9 Å². The molecule has 4 rings (SSSR count). The molecule has 1 aromatic carbocycles. The molecule has 7 nitrogen and oxygen atoms in total. The first kappa shape index (κ1) is 19.0. The fraction of sp³-hybridized carbons (Fsp3) is 0.421. The monoisotopic (exact) mass is 419 g/mol. The van der Waals surface area contributed by atoms with Crippen LogP contribution in [0.5, 0.6) is 5.75 Å². The van der Waals surface area contributed by atoms with Gasteiger partial charge in [-0.2, -0.15) is 5.10 Å². The summed E-state index contributed by atoms with van der Waals surface area (Å²) in [7, 11) is 3.42. The molecule has 9 heteroatoms. The largest absolute Gasteiger partial charge is 0.494 e. The molecule has 0 bridgehead atoms. The van der Waals surface area contributed by atoms with E-state index in [2.05, 4.69) is 15.3 Å². The van der Waals surface area contributed by atoms with Crippen LogP contribution in [0.1, 0.15) is 29.0 Å². The number of ether oxygens (including phenoxy) is 1. The standard InChI is InChI=1S/C19H22ClN5O2S/c1-11-9-14(24(2)23-11)18(26)21-12-5-4-8-25(10-12)19-22-16-15(27-3)7-6-13(20)17(16)28-19/h6-7,9,12H,4-5,8,10H2,1-3H3,(H,21,26). The van der Waals surface area contributed by atoms with E-state index in [4.69, 9.17) is 21.3 Å². The normalized spacial score (nSPS) is 17.1. The highest BCUT2D eigenvalue weighted by Crippen LogP contribution is 2.39. The number of aryl methyl sites for hydroxylation is 2. The molecule has 1 aliphatic rings. The van der Waals surface area contributed by atoms with Crippen molar-refractivity contribution in [2.45, 2.75) is 25.8 Å². The lowest BCUT2D eigenvalue weighted by molar-refractivity contribution is 0.0923. The third-order valence-corrected chi connectivity index (χ3v) is 6.51. The Morgan fingerprint density at radius 1 is 1.43 bits per heavy atom. The molecule has 0 radical (unpaired) electrons. The molecule has 0 saturated carbocycles. The first-order chi connectivity index (χ1) is 13.5. The highest BCUT2D eigenvalue weighted by Gasteiger charge is 2.26. The number of fused-ring (bicyclic) bond motifs is 1. The minimum Gasteiger partial charge on any atom is -0.494 e. The van der Waals surface area contributed by atoms with Gasteiger partial charge >= 0.3 is 0 Å². The average Bonchev–Trinajstić information content (AvgIpc) is 3.26. The number of hydrogen-bond donors (Lipinski definition) is 1. The van der Waals surface area contributed by atoms with E-state index in [1.807, 2.05) is 19.1 Å². The molecule has 0 spiro atoms. The van der Waals surface area contributed by atoms with Crippen molar-refractivity contribution in [1.29, 1.82) is 0 Å². The molecule has 1 aliphatic heterocycles. The maximum Gasteiger partial charge on any atom is 0.269 e. The number of carbonyl (C=O) groups excluding carboxylic acids is 1. The van der Waals surface area contributed by atoms with Crippen LogP contribution in [0.15, 0.2) is 18.2 Å². The summed E-state index contributed by atoms with van der Waals surface area (Å²) in [4.78, 5) is 19.6. The second-order valence-corrected chi connectivity index (χ2v) is 8.36. The van der Waals surface area contributed by atoms with Gasteiger partial charge in [0.25, 0.3) is 5.91 Å². The number of thiazole rings is 1. The number of rotatable bonds is 4. The molecule has 1 saturated heterocycles. The maximum atomic E-state index is 12.6. The number of nitrogens with one attached hydrogen (secondary N) is 1. The Bertz CT molecular complexity index is 1030. The maximum absolute atomic E-state index is 12.6. The van der Waals surface area contributed by atoms with Gasteiger partial charge < -0.3 is 15.0 Å². The van der Waals surface area contributed by atoms with E-state index in [-0.39, 0.29) is 11.9 Å². The van der Waals surface area contributed by atoms with E-state index in [0.717, 1.165) is 46.2 Å². The smallest absolute Gasteiger partial charge is 0.269 e. The first-order valence-corrected chi connectivity index (χ1v) is 10.3. The summed E-state index contributed by atoms with van der Waals surface area (Å²) < 4.78 is 7.96. The van der Waals surface area contributed by atoms with E-state index in [9.17, 15) is 4.79 Å². The van der Waals surface area contributed by atoms with Crippen LogP contribution in [-0.2, 0) is 7.05 Å². The van der Waals surface area contributed by atoms with Crippen LogP contribution in [0.25, 0.3) is 10.2 Å². The molecule has 2 aromatic heterocycles. The summed E-state index contributed by atoms with van der Waals surface area (Å²) >= 11 is 7.91. The molecule has 28 heavy (non-hydrogen) atoms. The lowest BCUT2D eigenvalue weighted by atomic mass is 10.1. The third-order valence-electron chi connectivity index (χ3n) is 4.93. The van der Waals surface area contributed by atoms with Gasteiger partial charge in [-0.1, -0.05) is 22.9 Å². The number of aromatic nitrogens is 3. The number of amides is 1. The van der Waals surface area contributed by atoms with Gasteiger partial charge in [0.05, 0.1) is 22.5 Å². The van der Waals surface area contributed by atoms with Gasteiger partial charge in [-0.05, 0) is 38.0 Å². The van der Waals surface area contributed by atoms with E-state index >= 15 is 0 Å². The van der Waals surface area contributed by atoms with E-state index < -0.39 is 0 Å². The highest BCUT2D eigenvalue weighted by molar-refractivity contribution is 7.22. The quantitative estimate of drug-likeness (QED) is 0.701. The van der Waals surface area contributed by atoms with Gasteiger partial charge in [-0.3, -0.25) is 9.48 Å². The van der Waals surface area contributed by atoms with Gasteiger partial charge in [0, 0.05) is 26.2 Å². The Kier molecular flexibility index (Phi) is 5.16. The van der Waals surface area contributed by atoms with E-state index in [1.54, 1.807) is 36.2 Å². The van der Waals surface area contributed by atoms with Gasteiger partial charge in [0.2, 0.25) is 0 Å². The zero-order valence-corrected chi connectivity index (χ0v) is 17.6. The molecule has 1 N–H and O–H groups in total. The zero-order chi connectivity index (χ0) is 19.8. The number of benzene rings is 1. The SMILES string of the molecule is COc1ccc(Cl)c2sc(N3CCCC(NC(=O)c4cc(C)nn4C)C3)nc12.